The van der Waals surface area contributed by atoms with Crippen LogP contribution in [-0.2, 0) is 30.8 Å². The molecular formula is C21H26N2O5S2. The van der Waals surface area contributed by atoms with Crippen LogP contribution in [0.4, 0.5) is 5.69 Å². The van der Waals surface area contributed by atoms with Crippen LogP contribution >= 0.6 is 11.3 Å². The van der Waals surface area contributed by atoms with Crippen molar-refractivity contribution in [2.24, 2.45) is 5.92 Å². The number of carbonyl (C=O) groups is 2. The molecule has 0 spiro atoms. The molecule has 0 saturated heterocycles. The average Bonchev–Trinajstić information content (AvgIpc) is 3.34. The summed E-state index contributed by atoms with van der Waals surface area (Å²) < 4.78 is 32.3. The monoisotopic (exact) mass is 450 g/mol. The minimum absolute atomic E-state index is 0.0434. The lowest BCUT2D eigenvalue weighted by molar-refractivity contribution is -0.144. The Morgan fingerprint density at radius 2 is 1.93 bits per heavy atom. The number of amides is 1. The number of esters is 1. The summed E-state index contributed by atoms with van der Waals surface area (Å²) in [6.07, 6.45) is 2.62. The molecule has 1 heterocycles. The van der Waals surface area contributed by atoms with E-state index in [4.69, 9.17) is 4.74 Å². The Balaban J connectivity index is 1.58. The Morgan fingerprint density at radius 1 is 1.20 bits per heavy atom. The Hall–Kier alpha value is -2.39. The van der Waals surface area contributed by atoms with Crippen molar-refractivity contribution in [3.05, 3.63) is 47.3 Å². The van der Waals surface area contributed by atoms with Gasteiger partial charge in [0.05, 0.1) is 19.4 Å². The number of nitrogens with one attached hydrogen (secondary N) is 1. The molecule has 1 N–H and O–H groups in total. The molecule has 0 aliphatic heterocycles. The lowest BCUT2D eigenvalue weighted by Gasteiger charge is -2.22. The van der Waals surface area contributed by atoms with Crippen molar-refractivity contribution in [1.29, 1.82) is 0 Å². The minimum atomic E-state index is -3.60. The van der Waals surface area contributed by atoms with Crippen LogP contribution in [-0.4, -0.2) is 44.9 Å². The fraction of sp³-hybridized carbons (Fsp3) is 0.429. The van der Waals surface area contributed by atoms with E-state index in [0.29, 0.717) is 31.3 Å². The molecule has 7 nitrogen and oxygen atoms in total. The maximum Gasteiger partial charge on any atom is 0.307 e. The molecule has 1 aliphatic carbocycles. The molecule has 1 fully saturated rings. The zero-order chi connectivity index (χ0) is 21.6. The van der Waals surface area contributed by atoms with E-state index < -0.39 is 10.0 Å². The first-order valence-electron chi connectivity index (χ1n) is 9.96. The highest BCUT2D eigenvalue weighted by Gasteiger charge is 2.27. The van der Waals surface area contributed by atoms with Crippen LogP contribution in [0.3, 0.4) is 0 Å². The third kappa shape index (κ3) is 6.56. The lowest BCUT2D eigenvalue weighted by atomic mass is 10.1. The highest BCUT2D eigenvalue weighted by molar-refractivity contribution is 7.94. The molecule has 162 valence electrons. The van der Waals surface area contributed by atoms with Crippen molar-refractivity contribution in [3.8, 4) is 0 Å². The first kappa shape index (κ1) is 22.3. The topological polar surface area (TPSA) is 92.8 Å². The average molecular weight is 451 g/mol. The Labute approximate surface area is 181 Å². The summed E-state index contributed by atoms with van der Waals surface area (Å²) in [6.45, 7) is 3.11. The maximum absolute atomic E-state index is 12.8. The number of hydrogen-bond acceptors (Lipinski definition) is 6. The number of ether oxygens (including phenoxy) is 1. The van der Waals surface area contributed by atoms with E-state index in [1.54, 1.807) is 53.6 Å². The molecule has 30 heavy (non-hydrogen) atoms. The summed E-state index contributed by atoms with van der Waals surface area (Å²) in [4.78, 5) is 26.2. The fourth-order valence-electron chi connectivity index (χ4n) is 2.99. The summed E-state index contributed by atoms with van der Waals surface area (Å²) >= 11 is 1.15. The summed E-state index contributed by atoms with van der Waals surface area (Å²) in [5.74, 6) is 0.178. The van der Waals surface area contributed by atoms with Gasteiger partial charge in [0, 0.05) is 18.8 Å². The van der Waals surface area contributed by atoms with Gasteiger partial charge in [0.2, 0.25) is 5.91 Å². The van der Waals surface area contributed by atoms with E-state index in [-0.39, 0.29) is 28.9 Å². The van der Waals surface area contributed by atoms with Crippen LogP contribution < -0.4 is 4.72 Å². The van der Waals surface area contributed by atoms with Gasteiger partial charge < -0.3 is 9.64 Å². The quantitative estimate of drug-likeness (QED) is 0.531. The van der Waals surface area contributed by atoms with Gasteiger partial charge in [0.1, 0.15) is 4.21 Å². The number of thiophene rings is 1. The molecule has 2 aromatic rings. The van der Waals surface area contributed by atoms with Crippen molar-refractivity contribution in [1.82, 2.24) is 4.90 Å². The molecule has 0 unspecified atom stereocenters. The number of carbonyl (C=O) groups excluding carboxylic acids is 2. The van der Waals surface area contributed by atoms with Crippen molar-refractivity contribution in [2.45, 2.75) is 36.8 Å². The standard InChI is InChI=1S/C21H26N2O5S2/c1-2-28-20(25)11-12-23(15-17-5-6-17)19(24)14-16-7-9-18(10-8-16)22-30(26,27)21-4-3-13-29-21/h3-4,7-10,13,17,22H,2,5-6,11-12,14-15H2,1H3. The Morgan fingerprint density at radius 3 is 2.53 bits per heavy atom. The van der Waals surface area contributed by atoms with Crippen LogP contribution in [0.15, 0.2) is 46.0 Å². The van der Waals surface area contributed by atoms with Crippen molar-refractivity contribution >= 4 is 38.9 Å². The number of rotatable bonds is 11. The third-order valence-corrected chi connectivity index (χ3v) is 7.52. The smallest absolute Gasteiger partial charge is 0.307 e. The second-order valence-electron chi connectivity index (χ2n) is 7.25. The van der Waals surface area contributed by atoms with Gasteiger partial charge in [0.15, 0.2) is 0 Å². The van der Waals surface area contributed by atoms with Crippen LogP contribution in [0.25, 0.3) is 0 Å². The van der Waals surface area contributed by atoms with Crippen molar-refractivity contribution in [2.75, 3.05) is 24.4 Å². The third-order valence-electron chi connectivity index (χ3n) is 4.74. The molecule has 1 aliphatic rings. The number of hydrogen-bond donors (Lipinski definition) is 1. The summed E-state index contributed by atoms with van der Waals surface area (Å²) in [6, 6.07) is 10.0. The van der Waals surface area contributed by atoms with Crippen LogP contribution in [0.5, 0.6) is 0 Å². The van der Waals surface area contributed by atoms with E-state index in [1.807, 2.05) is 0 Å². The van der Waals surface area contributed by atoms with E-state index in [9.17, 15) is 18.0 Å². The number of anilines is 1. The first-order chi connectivity index (χ1) is 14.4. The zero-order valence-electron chi connectivity index (χ0n) is 16.9. The van der Waals surface area contributed by atoms with Gasteiger partial charge in [-0.3, -0.25) is 14.3 Å². The van der Waals surface area contributed by atoms with Gasteiger partial charge >= 0.3 is 5.97 Å². The van der Waals surface area contributed by atoms with Gasteiger partial charge in [-0.2, -0.15) is 0 Å². The molecular weight excluding hydrogens is 424 g/mol. The van der Waals surface area contributed by atoms with E-state index in [1.165, 1.54) is 0 Å². The molecule has 0 radical (unpaired) electrons. The van der Waals surface area contributed by atoms with Gasteiger partial charge in [-0.1, -0.05) is 18.2 Å². The second kappa shape index (κ2) is 10.1. The highest BCUT2D eigenvalue weighted by Crippen LogP contribution is 2.30. The molecule has 9 heteroatoms. The van der Waals surface area contributed by atoms with Gasteiger partial charge in [0.25, 0.3) is 10.0 Å². The van der Waals surface area contributed by atoms with E-state index in [0.717, 1.165) is 29.7 Å². The molecule has 1 aromatic carbocycles. The van der Waals surface area contributed by atoms with Crippen LogP contribution in [0, 0.1) is 5.92 Å². The molecule has 1 aromatic heterocycles. The number of benzene rings is 1. The molecule has 1 saturated carbocycles. The number of sulfonamides is 1. The predicted octanol–water partition coefficient (Wildman–Crippen LogP) is 3.28. The molecule has 1 amide bonds. The number of nitrogens with zero attached hydrogens (tertiary/aromatic N) is 1. The second-order valence-corrected chi connectivity index (χ2v) is 10.1. The van der Waals surface area contributed by atoms with Crippen LogP contribution in [0.2, 0.25) is 0 Å². The molecule has 0 atom stereocenters. The summed E-state index contributed by atoms with van der Waals surface area (Å²) in [7, 11) is -3.60. The van der Waals surface area contributed by atoms with Crippen molar-refractivity contribution in [3.63, 3.8) is 0 Å². The molecule has 0 bridgehead atoms. The highest BCUT2D eigenvalue weighted by atomic mass is 32.2. The summed E-state index contributed by atoms with van der Waals surface area (Å²) in [5.41, 5.74) is 1.23. The summed E-state index contributed by atoms with van der Waals surface area (Å²) in [5, 5.41) is 1.71. The predicted molar refractivity (Wildman–Crippen MR) is 116 cm³/mol. The van der Waals surface area contributed by atoms with Gasteiger partial charge in [-0.15, -0.1) is 11.3 Å². The largest absolute Gasteiger partial charge is 0.466 e. The normalized spacial score (nSPS) is 13.6. The first-order valence-corrected chi connectivity index (χ1v) is 12.3. The molecule has 3 rings (SSSR count). The Kier molecular flexibility index (Phi) is 7.49. The minimum Gasteiger partial charge on any atom is -0.466 e. The Bertz CT molecular complexity index is 952. The van der Waals surface area contributed by atoms with Gasteiger partial charge in [-0.05, 0) is 54.8 Å². The van der Waals surface area contributed by atoms with E-state index >= 15 is 0 Å². The van der Waals surface area contributed by atoms with Gasteiger partial charge in [-0.25, -0.2) is 8.42 Å². The lowest BCUT2D eigenvalue weighted by Crippen LogP contribution is -2.36. The maximum atomic E-state index is 12.8. The van der Waals surface area contributed by atoms with Crippen molar-refractivity contribution < 1.29 is 22.7 Å². The fourth-order valence-corrected chi connectivity index (χ4v) is 5.04. The zero-order valence-corrected chi connectivity index (χ0v) is 18.5. The van der Waals surface area contributed by atoms with E-state index in [2.05, 4.69) is 4.72 Å². The SMILES string of the molecule is CCOC(=O)CCN(CC1CC1)C(=O)Cc1ccc(NS(=O)(=O)c2cccs2)cc1. The van der Waals surface area contributed by atoms with Crippen LogP contribution in [0.1, 0.15) is 31.7 Å².